The zero-order valence-electron chi connectivity index (χ0n) is 17.9. The normalized spacial score (nSPS) is 12.2. The Kier molecular flexibility index (Phi) is 7.99. The zero-order chi connectivity index (χ0) is 23.0. The Labute approximate surface area is 188 Å². The lowest BCUT2D eigenvalue weighted by Crippen LogP contribution is -2.35. The number of benzene rings is 3. The molecular formula is C24H26N2O5S. The van der Waals surface area contributed by atoms with E-state index in [1.54, 1.807) is 43.3 Å². The van der Waals surface area contributed by atoms with Crippen LogP contribution in [0.2, 0.25) is 0 Å². The molecule has 0 fully saturated rings. The van der Waals surface area contributed by atoms with Crippen molar-refractivity contribution in [3.8, 4) is 5.75 Å². The SMILES string of the molecule is COCC(C)NS(=O)(=O)c1ccc(NC(=O)c2cccc(OCc3ccccc3)c2)cc1. The first-order valence-electron chi connectivity index (χ1n) is 10.1. The molecule has 2 N–H and O–H groups in total. The minimum Gasteiger partial charge on any atom is -0.489 e. The van der Waals surface area contributed by atoms with Crippen molar-refractivity contribution in [2.24, 2.45) is 0 Å². The van der Waals surface area contributed by atoms with Crippen LogP contribution in [0.25, 0.3) is 0 Å². The van der Waals surface area contributed by atoms with Crippen LogP contribution in [-0.4, -0.2) is 34.1 Å². The standard InChI is InChI=1S/C24H26N2O5S/c1-18(16-30-2)26-32(28,29)23-13-11-21(12-14-23)25-24(27)20-9-6-10-22(15-20)31-17-19-7-4-3-5-8-19/h3-15,18,26H,16-17H2,1-2H3,(H,25,27). The van der Waals surface area contributed by atoms with Gasteiger partial charge in [-0.2, -0.15) is 0 Å². The second-order valence-corrected chi connectivity index (χ2v) is 8.97. The molecule has 32 heavy (non-hydrogen) atoms. The molecule has 1 amide bonds. The van der Waals surface area contributed by atoms with Gasteiger partial charge in [-0.25, -0.2) is 13.1 Å². The molecule has 0 heterocycles. The highest BCUT2D eigenvalue weighted by atomic mass is 32.2. The average molecular weight is 455 g/mol. The molecule has 0 aromatic heterocycles. The van der Waals surface area contributed by atoms with E-state index >= 15 is 0 Å². The van der Waals surface area contributed by atoms with Crippen LogP contribution < -0.4 is 14.8 Å². The Hall–Kier alpha value is -3.20. The molecule has 0 aliphatic heterocycles. The van der Waals surface area contributed by atoms with Gasteiger partial charge in [-0.05, 0) is 55.0 Å². The molecule has 0 saturated heterocycles. The molecule has 0 aliphatic rings. The second-order valence-electron chi connectivity index (χ2n) is 7.26. The number of hydrogen-bond donors (Lipinski definition) is 2. The van der Waals surface area contributed by atoms with E-state index in [9.17, 15) is 13.2 Å². The summed E-state index contributed by atoms with van der Waals surface area (Å²) >= 11 is 0. The molecule has 7 nitrogen and oxygen atoms in total. The number of rotatable bonds is 10. The highest BCUT2D eigenvalue weighted by molar-refractivity contribution is 7.89. The smallest absolute Gasteiger partial charge is 0.255 e. The van der Waals surface area contributed by atoms with Crippen molar-refractivity contribution in [1.82, 2.24) is 4.72 Å². The third-order valence-electron chi connectivity index (χ3n) is 4.54. The fourth-order valence-corrected chi connectivity index (χ4v) is 4.23. The van der Waals surface area contributed by atoms with Gasteiger partial charge in [0.15, 0.2) is 0 Å². The number of carbonyl (C=O) groups is 1. The lowest BCUT2D eigenvalue weighted by molar-refractivity contribution is 0.102. The van der Waals surface area contributed by atoms with Crippen LogP contribution in [0, 0.1) is 0 Å². The predicted molar refractivity (Wildman–Crippen MR) is 123 cm³/mol. The van der Waals surface area contributed by atoms with E-state index in [2.05, 4.69) is 10.0 Å². The van der Waals surface area contributed by atoms with E-state index in [-0.39, 0.29) is 23.5 Å². The van der Waals surface area contributed by atoms with Crippen LogP contribution in [0.15, 0.2) is 83.8 Å². The number of carbonyl (C=O) groups excluding carboxylic acids is 1. The molecule has 0 radical (unpaired) electrons. The van der Waals surface area contributed by atoms with Gasteiger partial charge >= 0.3 is 0 Å². The molecule has 0 spiro atoms. The van der Waals surface area contributed by atoms with E-state index < -0.39 is 10.0 Å². The number of anilines is 1. The molecule has 0 saturated carbocycles. The summed E-state index contributed by atoms with van der Waals surface area (Å²) in [4.78, 5) is 12.7. The summed E-state index contributed by atoms with van der Waals surface area (Å²) in [5.74, 6) is 0.261. The molecule has 0 aliphatic carbocycles. The van der Waals surface area contributed by atoms with Crippen molar-refractivity contribution in [2.45, 2.75) is 24.5 Å². The van der Waals surface area contributed by atoms with E-state index in [1.807, 2.05) is 30.3 Å². The van der Waals surface area contributed by atoms with Crippen molar-refractivity contribution in [3.63, 3.8) is 0 Å². The molecule has 1 atom stereocenters. The van der Waals surface area contributed by atoms with Crippen molar-refractivity contribution in [1.29, 1.82) is 0 Å². The molecule has 3 rings (SSSR count). The quantitative estimate of drug-likeness (QED) is 0.486. The second kappa shape index (κ2) is 10.9. The zero-order valence-corrected chi connectivity index (χ0v) is 18.8. The van der Waals surface area contributed by atoms with E-state index in [0.29, 0.717) is 23.6 Å². The number of sulfonamides is 1. The Bertz CT molecular complexity index is 1130. The van der Waals surface area contributed by atoms with Gasteiger partial charge in [-0.15, -0.1) is 0 Å². The number of ether oxygens (including phenoxy) is 2. The highest BCUT2D eigenvalue weighted by Gasteiger charge is 2.17. The minimum absolute atomic E-state index is 0.106. The van der Waals surface area contributed by atoms with Gasteiger partial charge in [0.1, 0.15) is 12.4 Å². The number of hydrogen-bond acceptors (Lipinski definition) is 5. The van der Waals surface area contributed by atoms with Gasteiger partial charge in [0.05, 0.1) is 11.5 Å². The third-order valence-corrected chi connectivity index (χ3v) is 6.15. The van der Waals surface area contributed by atoms with Gasteiger partial charge in [0.25, 0.3) is 5.91 Å². The summed E-state index contributed by atoms with van der Waals surface area (Å²) in [5.41, 5.74) is 1.94. The fraction of sp³-hybridized carbons (Fsp3) is 0.208. The molecule has 168 valence electrons. The van der Waals surface area contributed by atoms with E-state index in [0.717, 1.165) is 5.56 Å². The summed E-state index contributed by atoms with van der Waals surface area (Å²) in [6.07, 6.45) is 0. The third kappa shape index (κ3) is 6.65. The summed E-state index contributed by atoms with van der Waals surface area (Å²) in [6, 6.07) is 22.3. The maximum absolute atomic E-state index is 12.6. The first kappa shape index (κ1) is 23.5. The van der Waals surface area contributed by atoms with Crippen molar-refractivity contribution >= 4 is 21.6 Å². The lowest BCUT2D eigenvalue weighted by atomic mass is 10.2. The van der Waals surface area contributed by atoms with Gasteiger partial charge in [0.2, 0.25) is 10.0 Å². The average Bonchev–Trinajstić information content (AvgIpc) is 2.79. The van der Waals surface area contributed by atoms with Crippen molar-refractivity contribution < 1.29 is 22.7 Å². The molecule has 3 aromatic rings. The summed E-state index contributed by atoms with van der Waals surface area (Å²) in [6.45, 7) is 2.38. The molecule has 0 bridgehead atoms. The molecule has 1 unspecified atom stereocenters. The van der Waals surface area contributed by atoms with Crippen LogP contribution in [0.5, 0.6) is 5.75 Å². The predicted octanol–water partition coefficient (Wildman–Crippen LogP) is 3.83. The van der Waals surface area contributed by atoms with E-state index in [4.69, 9.17) is 9.47 Å². The van der Waals surface area contributed by atoms with Gasteiger partial charge < -0.3 is 14.8 Å². The number of nitrogens with one attached hydrogen (secondary N) is 2. The van der Waals surface area contributed by atoms with Crippen LogP contribution in [0.3, 0.4) is 0 Å². The highest BCUT2D eigenvalue weighted by Crippen LogP contribution is 2.18. The summed E-state index contributed by atoms with van der Waals surface area (Å²) in [7, 11) is -2.17. The van der Waals surface area contributed by atoms with Gasteiger partial charge in [0, 0.05) is 24.4 Å². The van der Waals surface area contributed by atoms with Crippen LogP contribution in [0.1, 0.15) is 22.8 Å². The topological polar surface area (TPSA) is 93.7 Å². The van der Waals surface area contributed by atoms with E-state index in [1.165, 1.54) is 19.2 Å². The number of amides is 1. The first-order valence-corrected chi connectivity index (χ1v) is 11.5. The Morgan fingerprint density at radius 1 is 0.969 bits per heavy atom. The van der Waals surface area contributed by atoms with Gasteiger partial charge in [-0.1, -0.05) is 36.4 Å². The van der Waals surface area contributed by atoms with Crippen LogP contribution in [0.4, 0.5) is 5.69 Å². The molecule has 3 aromatic carbocycles. The summed E-state index contributed by atoms with van der Waals surface area (Å²) < 4.78 is 38.1. The maximum Gasteiger partial charge on any atom is 0.255 e. The lowest BCUT2D eigenvalue weighted by Gasteiger charge is -2.13. The first-order chi connectivity index (χ1) is 15.4. The van der Waals surface area contributed by atoms with Crippen molar-refractivity contribution in [3.05, 3.63) is 90.0 Å². The monoisotopic (exact) mass is 454 g/mol. The maximum atomic E-state index is 12.6. The Morgan fingerprint density at radius 2 is 1.69 bits per heavy atom. The fourth-order valence-electron chi connectivity index (χ4n) is 3.01. The van der Waals surface area contributed by atoms with Crippen molar-refractivity contribution in [2.75, 3.05) is 19.0 Å². The van der Waals surface area contributed by atoms with Gasteiger partial charge in [-0.3, -0.25) is 4.79 Å². The largest absolute Gasteiger partial charge is 0.489 e. The molecular weight excluding hydrogens is 428 g/mol. The Balaban J connectivity index is 1.62. The summed E-state index contributed by atoms with van der Waals surface area (Å²) in [5, 5.41) is 2.77. The Morgan fingerprint density at radius 3 is 2.38 bits per heavy atom. The minimum atomic E-state index is -3.67. The number of methoxy groups -OCH3 is 1. The molecule has 8 heteroatoms. The van der Waals surface area contributed by atoms with Crippen LogP contribution >= 0.6 is 0 Å². The van der Waals surface area contributed by atoms with Crippen LogP contribution in [-0.2, 0) is 21.4 Å².